The number of nitrogens with one attached hydrogen (secondary N) is 1. The van der Waals surface area contributed by atoms with Gasteiger partial charge in [-0.1, -0.05) is 19.8 Å². The molecular formula is C17H29BrN2S. The van der Waals surface area contributed by atoms with Gasteiger partial charge in [-0.15, -0.1) is 11.3 Å². The van der Waals surface area contributed by atoms with E-state index in [2.05, 4.69) is 58.4 Å². The number of rotatable bonds is 6. The molecule has 2 nitrogen and oxygen atoms in total. The topological polar surface area (TPSA) is 15.3 Å². The van der Waals surface area contributed by atoms with Gasteiger partial charge in [-0.3, -0.25) is 4.90 Å². The molecule has 0 amide bonds. The van der Waals surface area contributed by atoms with Crippen molar-refractivity contribution in [2.45, 2.75) is 64.5 Å². The molecule has 4 heteroatoms. The van der Waals surface area contributed by atoms with Gasteiger partial charge in [0.15, 0.2) is 0 Å². The Labute approximate surface area is 142 Å². The van der Waals surface area contributed by atoms with Crippen molar-refractivity contribution in [3.8, 4) is 0 Å². The highest BCUT2D eigenvalue weighted by Gasteiger charge is 2.37. The highest BCUT2D eigenvalue weighted by atomic mass is 79.9. The summed E-state index contributed by atoms with van der Waals surface area (Å²) in [5, 5.41) is 6.00. The van der Waals surface area contributed by atoms with Crippen molar-refractivity contribution < 1.29 is 0 Å². The van der Waals surface area contributed by atoms with E-state index in [0.29, 0.717) is 6.04 Å². The number of hydrogen-bond acceptors (Lipinski definition) is 3. The minimum atomic E-state index is 0.146. The Morgan fingerprint density at radius 1 is 1.29 bits per heavy atom. The first-order chi connectivity index (χ1) is 10.1. The van der Waals surface area contributed by atoms with Crippen LogP contribution in [0.1, 0.15) is 63.8 Å². The van der Waals surface area contributed by atoms with Gasteiger partial charge in [-0.05, 0) is 80.1 Å². The third kappa shape index (κ3) is 4.31. The minimum absolute atomic E-state index is 0.146. The second-order valence-electron chi connectivity index (χ2n) is 6.57. The van der Waals surface area contributed by atoms with Gasteiger partial charge in [0.2, 0.25) is 0 Å². The van der Waals surface area contributed by atoms with Crippen molar-refractivity contribution in [2.75, 3.05) is 19.6 Å². The first-order valence-electron chi connectivity index (χ1n) is 8.28. The van der Waals surface area contributed by atoms with Crippen LogP contribution in [0.4, 0.5) is 0 Å². The lowest BCUT2D eigenvalue weighted by Gasteiger charge is -2.44. The summed E-state index contributed by atoms with van der Waals surface area (Å²) < 4.78 is 1.25. The van der Waals surface area contributed by atoms with Crippen LogP contribution in [0, 0.1) is 0 Å². The quantitative estimate of drug-likeness (QED) is 0.737. The summed E-state index contributed by atoms with van der Waals surface area (Å²) in [6, 6.07) is 2.57. The summed E-state index contributed by atoms with van der Waals surface area (Å²) in [7, 11) is 0. The van der Waals surface area contributed by atoms with Gasteiger partial charge < -0.3 is 5.32 Å². The molecule has 120 valence electrons. The standard InChI is InChI=1S/C17H29BrN2S/c1-4-10-19-16(15-14(18)9-13-21-15)17(2,3)20-11-7-5-6-8-12-20/h9,13,16,19H,4-8,10-12H2,1-3H3. The molecule has 1 N–H and O–H groups in total. The van der Waals surface area contributed by atoms with Crippen LogP contribution in [0.15, 0.2) is 15.9 Å². The van der Waals surface area contributed by atoms with Gasteiger partial charge in [0.25, 0.3) is 0 Å². The Morgan fingerprint density at radius 3 is 2.48 bits per heavy atom. The smallest absolute Gasteiger partial charge is 0.0607 e. The maximum absolute atomic E-state index is 3.81. The Balaban J connectivity index is 2.22. The second kappa shape index (κ2) is 8.09. The Morgan fingerprint density at radius 2 is 1.95 bits per heavy atom. The second-order valence-corrected chi connectivity index (χ2v) is 8.38. The lowest BCUT2D eigenvalue weighted by Crippen LogP contribution is -2.53. The monoisotopic (exact) mass is 372 g/mol. The molecule has 1 aliphatic heterocycles. The van der Waals surface area contributed by atoms with Crippen LogP contribution in [-0.4, -0.2) is 30.1 Å². The first kappa shape index (κ1) is 17.5. The van der Waals surface area contributed by atoms with Crippen LogP contribution >= 0.6 is 27.3 Å². The van der Waals surface area contributed by atoms with Crippen LogP contribution in [0.2, 0.25) is 0 Å². The van der Waals surface area contributed by atoms with Gasteiger partial charge in [-0.2, -0.15) is 0 Å². The normalized spacial score (nSPS) is 19.4. The van der Waals surface area contributed by atoms with Crippen molar-refractivity contribution in [2.24, 2.45) is 0 Å². The molecule has 0 bridgehead atoms. The molecule has 0 spiro atoms. The van der Waals surface area contributed by atoms with Gasteiger partial charge >= 0.3 is 0 Å². The largest absolute Gasteiger partial charge is 0.308 e. The third-order valence-electron chi connectivity index (χ3n) is 4.63. The number of thiophene rings is 1. The number of hydrogen-bond donors (Lipinski definition) is 1. The van der Waals surface area contributed by atoms with Crippen molar-refractivity contribution in [3.05, 3.63) is 20.8 Å². The fourth-order valence-corrected chi connectivity index (χ4v) is 5.15. The summed E-state index contributed by atoms with van der Waals surface area (Å²) in [5.74, 6) is 0. The molecular weight excluding hydrogens is 344 g/mol. The molecule has 0 radical (unpaired) electrons. The molecule has 1 aromatic heterocycles. The molecule has 1 aromatic rings. The lowest BCUT2D eigenvalue weighted by atomic mass is 9.90. The van der Waals surface area contributed by atoms with Crippen molar-refractivity contribution >= 4 is 27.3 Å². The van der Waals surface area contributed by atoms with Gasteiger partial charge in [0, 0.05) is 14.9 Å². The number of nitrogens with zero attached hydrogens (tertiary/aromatic N) is 1. The molecule has 2 rings (SSSR count). The average molecular weight is 373 g/mol. The zero-order valence-corrected chi connectivity index (χ0v) is 16.0. The zero-order chi connectivity index (χ0) is 15.3. The number of halogens is 1. The van der Waals surface area contributed by atoms with Crippen LogP contribution in [-0.2, 0) is 0 Å². The highest BCUT2D eigenvalue weighted by Crippen LogP contribution is 2.39. The Kier molecular flexibility index (Phi) is 6.73. The summed E-state index contributed by atoms with van der Waals surface area (Å²) in [6.07, 6.45) is 6.64. The van der Waals surface area contributed by atoms with Gasteiger partial charge in [0.1, 0.15) is 0 Å². The van der Waals surface area contributed by atoms with Crippen LogP contribution in [0.25, 0.3) is 0 Å². The van der Waals surface area contributed by atoms with E-state index in [1.54, 1.807) is 0 Å². The van der Waals surface area contributed by atoms with Crippen LogP contribution in [0.3, 0.4) is 0 Å². The number of likely N-dealkylation sites (tertiary alicyclic amines) is 1. The lowest BCUT2D eigenvalue weighted by molar-refractivity contribution is 0.0844. The van der Waals surface area contributed by atoms with E-state index in [0.717, 1.165) is 6.54 Å². The maximum atomic E-state index is 3.81. The predicted octanol–water partition coefficient (Wildman–Crippen LogP) is 5.21. The predicted molar refractivity (Wildman–Crippen MR) is 97.2 cm³/mol. The summed E-state index contributed by atoms with van der Waals surface area (Å²) in [6.45, 7) is 10.6. The molecule has 21 heavy (non-hydrogen) atoms. The van der Waals surface area contributed by atoms with Crippen molar-refractivity contribution in [1.29, 1.82) is 0 Å². The van der Waals surface area contributed by atoms with E-state index < -0.39 is 0 Å². The van der Waals surface area contributed by atoms with E-state index in [1.165, 1.54) is 54.5 Å². The first-order valence-corrected chi connectivity index (χ1v) is 9.96. The molecule has 0 aromatic carbocycles. The summed E-state index contributed by atoms with van der Waals surface area (Å²) >= 11 is 5.61. The van der Waals surface area contributed by atoms with Crippen LogP contribution < -0.4 is 5.32 Å². The molecule has 1 unspecified atom stereocenters. The van der Waals surface area contributed by atoms with Crippen LogP contribution in [0.5, 0.6) is 0 Å². The molecule has 1 aliphatic rings. The fourth-order valence-electron chi connectivity index (χ4n) is 3.29. The minimum Gasteiger partial charge on any atom is -0.308 e. The van der Waals surface area contributed by atoms with E-state index in [4.69, 9.17) is 0 Å². The molecule has 1 saturated heterocycles. The van der Waals surface area contributed by atoms with E-state index in [-0.39, 0.29) is 5.54 Å². The summed E-state index contributed by atoms with van der Waals surface area (Å²) in [4.78, 5) is 4.15. The fraction of sp³-hybridized carbons (Fsp3) is 0.765. The SMILES string of the molecule is CCCNC(c1sccc1Br)C(C)(C)N1CCCCCC1. The Bertz CT molecular complexity index is 422. The van der Waals surface area contributed by atoms with Gasteiger partial charge in [-0.25, -0.2) is 0 Å². The maximum Gasteiger partial charge on any atom is 0.0607 e. The molecule has 2 heterocycles. The molecule has 1 fully saturated rings. The average Bonchev–Trinajstić information content (AvgIpc) is 2.71. The van der Waals surface area contributed by atoms with Gasteiger partial charge in [0.05, 0.1) is 6.04 Å². The molecule has 1 atom stereocenters. The molecule has 0 aliphatic carbocycles. The highest BCUT2D eigenvalue weighted by molar-refractivity contribution is 9.10. The molecule has 0 saturated carbocycles. The third-order valence-corrected chi connectivity index (χ3v) is 6.57. The van der Waals surface area contributed by atoms with E-state index in [1.807, 2.05) is 11.3 Å². The zero-order valence-electron chi connectivity index (χ0n) is 13.6. The van der Waals surface area contributed by atoms with E-state index >= 15 is 0 Å². The Hall–Kier alpha value is 0.1000. The van der Waals surface area contributed by atoms with Crippen molar-refractivity contribution in [1.82, 2.24) is 10.2 Å². The summed E-state index contributed by atoms with van der Waals surface area (Å²) in [5.41, 5.74) is 0.146. The van der Waals surface area contributed by atoms with Crippen molar-refractivity contribution in [3.63, 3.8) is 0 Å². The van der Waals surface area contributed by atoms with E-state index in [9.17, 15) is 0 Å².